The number of hydrogen-bond acceptors (Lipinski definition) is 7. The van der Waals surface area contributed by atoms with Gasteiger partial charge in [0.05, 0.1) is 14.7 Å². The molecule has 11 nitrogen and oxygen atoms in total. The van der Waals surface area contributed by atoms with Crippen molar-refractivity contribution in [1.82, 2.24) is 4.31 Å². The van der Waals surface area contributed by atoms with Crippen molar-refractivity contribution in [3.8, 4) is 0 Å². The maximum Gasteiger partial charge on any atom is 0.321 e. The molecule has 0 fully saturated rings. The summed E-state index contributed by atoms with van der Waals surface area (Å²) in [5.74, 6) is -1.40. The summed E-state index contributed by atoms with van der Waals surface area (Å²) in [5, 5.41) is 30.7. The molecule has 0 unspecified atom stereocenters. The molecule has 0 aliphatic rings. The van der Waals surface area contributed by atoms with Crippen LogP contribution in [0.25, 0.3) is 0 Å². The molecular formula is C16H15N3O8S. The van der Waals surface area contributed by atoms with E-state index in [2.05, 4.69) is 0 Å². The van der Waals surface area contributed by atoms with Crippen molar-refractivity contribution in [2.75, 3.05) is 0 Å². The number of hydrogen-bond donors (Lipinski definition) is 1. The van der Waals surface area contributed by atoms with Crippen LogP contribution >= 0.6 is 0 Å². The molecule has 1 N–H and O–H groups in total. The lowest BCUT2D eigenvalue weighted by Gasteiger charge is -2.25. The van der Waals surface area contributed by atoms with E-state index in [9.17, 15) is 38.5 Å². The molecule has 0 amide bonds. The van der Waals surface area contributed by atoms with Crippen LogP contribution in [0.3, 0.4) is 0 Å². The molecule has 1 atom stereocenters. The van der Waals surface area contributed by atoms with E-state index in [0.717, 1.165) is 24.3 Å². The van der Waals surface area contributed by atoms with Crippen molar-refractivity contribution in [3.63, 3.8) is 0 Å². The highest BCUT2D eigenvalue weighted by Gasteiger charge is 2.33. The smallest absolute Gasteiger partial charge is 0.321 e. The fourth-order valence-corrected chi connectivity index (χ4v) is 3.91. The zero-order valence-corrected chi connectivity index (χ0v) is 15.3. The molecule has 2 rings (SSSR count). The Kier molecular flexibility index (Phi) is 6.06. The fourth-order valence-electron chi connectivity index (χ4n) is 2.33. The Hall–Kier alpha value is -3.38. The van der Waals surface area contributed by atoms with Crippen LogP contribution in [-0.4, -0.2) is 39.7 Å². The van der Waals surface area contributed by atoms with Crippen LogP contribution in [0.2, 0.25) is 0 Å². The SMILES string of the molecule is C[C@@H](C(=O)O)N(Cc1ccc([N+](=O)[O-])cc1)S(=O)(=O)c1ccc([N+](=O)[O-])cc1. The molecule has 0 heterocycles. The summed E-state index contributed by atoms with van der Waals surface area (Å²) in [6, 6.07) is 7.60. The van der Waals surface area contributed by atoms with Crippen molar-refractivity contribution in [1.29, 1.82) is 0 Å². The first-order valence-corrected chi connectivity index (χ1v) is 9.20. The fraction of sp³-hybridized carbons (Fsp3) is 0.188. The predicted molar refractivity (Wildman–Crippen MR) is 96.0 cm³/mol. The van der Waals surface area contributed by atoms with E-state index in [4.69, 9.17) is 0 Å². The van der Waals surface area contributed by atoms with Gasteiger partial charge in [-0.1, -0.05) is 12.1 Å². The zero-order chi connectivity index (χ0) is 21.1. The van der Waals surface area contributed by atoms with Gasteiger partial charge in [-0.25, -0.2) is 8.42 Å². The monoisotopic (exact) mass is 409 g/mol. The molecular weight excluding hydrogens is 394 g/mol. The van der Waals surface area contributed by atoms with Crippen LogP contribution in [0.1, 0.15) is 12.5 Å². The van der Waals surface area contributed by atoms with E-state index in [1.165, 1.54) is 31.2 Å². The number of carbonyl (C=O) groups is 1. The molecule has 0 bridgehead atoms. The summed E-state index contributed by atoms with van der Waals surface area (Å²) >= 11 is 0. The van der Waals surface area contributed by atoms with Crippen molar-refractivity contribution < 1.29 is 28.2 Å². The van der Waals surface area contributed by atoms with Crippen molar-refractivity contribution >= 4 is 27.4 Å². The Balaban J connectivity index is 2.42. The number of carboxylic acids is 1. The molecule has 0 spiro atoms. The maximum absolute atomic E-state index is 12.9. The van der Waals surface area contributed by atoms with Gasteiger partial charge in [0.2, 0.25) is 10.0 Å². The minimum Gasteiger partial charge on any atom is -0.480 e. The molecule has 2 aromatic carbocycles. The molecule has 148 valence electrons. The van der Waals surface area contributed by atoms with E-state index < -0.39 is 31.9 Å². The van der Waals surface area contributed by atoms with Gasteiger partial charge >= 0.3 is 5.97 Å². The second-order valence-electron chi connectivity index (χ2n) is 5.74. The Bertz CT molecular complexity index is 1000. The maximum atomic E-state index is 12.9. The molecule has 28 heavy (non-hydrogen) atoms. The Labute approximate surface area is 159 Å². The molecule has 0 saturated heterocycles. The second-order valence-corrected chi connectivity index (χ2v) is 7.63. The van der Waals surface area contributed by atoms with Crippen LogP contribution < -0.4 is 0 Å². The topological polar surface area (TPSA) is 161 Å². The number of sulfonamides is 1. The Morgan fingerprint density at radius 3 is 1.82 bits per heavy atom. The number of non-ortho nitro benzene ring substituents is 2. The van der Waals surface area contributed by atoms with Gasteiger partial charge in [0.15, 0.2) is 0 Å². The van der Waals surface area contributed by atoms with Crippen LogP contribution in [-0.2, 0) is 21.4 Å². The van der Waals surface area contributed by atoms with Gasteiger partial charge in [0.1, 0.15) is 6.04 Å². The standard InChI is InChI=1S/C16H15N3O8S/c1-11(16(20)21)17(10-12-2-4-13(5-3-12)18(22)23)28(26,27)15-8-6-14(7-9-15)19(24)25/h2-9,11H,10H2,1H3,(H,20,21)/t11-/m0/s1. The van der Waals surface area contributed by atoms with Crippen molar-refractivity contribution in [2.24, 2.45) is 0 Å². The summed E-state index contributed by atoms with van der Waals surface area (Å²) in [4.78, 5) is 31.2. The molecule has 0 aliphatic heterocycles. The van der Waals surface area contributed by atoms with E-state index in [-0.39, 0.29) is 22.8 Å². The van der Waals surface area contributed by atoms with Crippen molar-refractivity contribution in [2.45, 2.75) is 24.4 Å². The lowest BCUT2D eigenvalue weighted by atomic mass is 10.2. The van der Waals surface area contributed by atoms with Gasteiger partial charge in [-0.05, 0) is 24.6 Å². The summed E-state index contributed by atoms with van der Waals surface area (Å²) in [5.41, 5.74) is -0.170. The van der Waals surface area contributed by atoms with Crippen molar-refractivity contribution in [3.05, 3.63) is 74.3 Å². The third kappa shape index (κ3) is 4.47. The Morgan fingerprint density at radius 1 is 1.00 bits per heavy atom. The largest absolute Gasteiger partial charge is 0.480 e. The molecule has 12 heteroatoms. The minimum absolute atomic E-state index is 0.195. The lowest BCUT2D eigenvalue weighted by Crippen LogP contribution is -2.42. The first-order valence-electron chi connectivity index (χ1n) is 7.76. The number of benzene rings is 2. The van der Waals surface area contributed by atoms with E-state index in [1.807, 2.05) is 0 Å². The normalized spacial score (nSPS) is 12.5. The van der Waals surface area contributed by atoms with Crippen LogP contribution in [0.15, 0.2) is 53.4 Å². The van der Waals surface area contributed by atoms with Crippen LogP contribution in [0, 0.1) is 20.2 Å². The average molecular weight is 409 g/mol. The minimum atomic E-state index is -4.32. The first-order chi connectivity index (χ1) is 13.0. The van der Waals surface area contributed by atoms with Crippen LogP contribution in [0.4, 0.5) is 11.4 Å². The van der Waals surface area contributed by atoms with Gasteiger partial charge < -0.3 is 5.11 Å². The van der Waals surface area contributed by atoms with Crippen LogP contribution in [0.5, 0.6) is 0 Å². The van der Waals surface area contributed by atoms with Gasteiger partial charge in [0, 0.05) is 30.8 Å². The summed E-state index contributed by atoms with van der Waals surface area (Å²) in [7, 11) is -4.32. The highest BCUT2D eigenvalue weighted by atomic mass is 32.2. The lowest BCUT2D eigenvalue weighted by molar-refractivity contribution is -0.385. The number of nitro groups is 2. The zero-order valence-electron chi connectivity index (χ0n) is 14.5. The molecule has 0 aromatic heterocycles. The van der Waals surface area contributed by atoms with Gasteiger partial charge in [-0.2, -0.15) is 4.31 Å². The number of rotatable bonds is 8. The van der Waals surface area contributed by atoms with Gasteiger partial charge in [-0.15, -0.1) is 0 Å². The number of aliphatic carboxylic acids is 1. The van der Waals surface area contributed by atoms with E-state index >= 15 is 0 Å². The first kappa shape index (κ1) is 20.9. The average Bonchev–Trinajstić information content (AvgIpc) is 2.65. The highest BCUT2D eigenvalue weighted by Crippen LogP contribution is 2.24. The third-order valence-electron chi connectivity index (χ3n) is 3.93. The third-order valence-corrected chi connectivity index (χ3v) is 5.86. The van der Waals surface area contributed by atoms with Gasteiger partial charge in [-0.3, -0.25) is 25.0 Å². The summed E-state index contributed by atoms with van der Waals surface area (Å²) in [6.45, 7) is 0.821. The molecule has 0 saturated carbocycles. The predicted octanol–water partition coefficient (Wildman–Crippen LogP) is 2.17. The molecule has 0 aliphatic carbocycles. The number of nitrogens with zero attached hydrogens (tertiary/aromatic N) is 3. The summed E-state index contributed by atoms with van der Waals surface area (Å²) < 4.78 is 26.6. The quantitative estimate of drug-likeness (QED) is 0.512. The Morgan fingerprint density at radius 2 is 1.43 bits per heavy atom. The summed E-state index contributed by atoms with van der Waals surface area (Å²) in [6.07, 6.45) is 0. The number of carboxylic acid groups (broad SMARTS) is 1. The van der Waals surface area contributed by atoms with E-state index in [1.54, 1.807) is 0 Å². The highest BCUT2D eigenvalue weighted by molar-refractivity contribution is 7.89. The van der Waals surface area contributed by atoms with Gasteiger partial charge in [0.25, 0.3) is 11.4 Å². The molecule has 0 radical (unpaired) electrons. The van der Waals surface area contributed by atoms with E-state index in [0.29, 0.717) is 9.87 Å². The number of nitro benzene ring substituents is 2. The second kappa shape index (κ2) is 8.10. The molecule has 2 aromatic rings.